The number of hydrogen-bond donors (Lipinski definition) is 2. The normalized spacial score (nSPS) is 10.0. The molecule has 0 spiro atoms. The average Bonchev–Trinajstić information content (AvgIpc) is 1.82. The molecule has 0 aromatic heterocycles. The molecule has 0 bridgehead atoms. The smallest absolute Gasteiger partial charge is 0.304 e. The fraction of sp³-hybridized carbons (Fsp3) is 0.667. The van der Waals surface area contributed by atoms with Crippen molar-refractivity contribution in [1.82, 2.24) is 4.90 Å². The molecule has 3 N–H and O–H groups in total. The number of nitrogens with zero attached hydrogens (tertiary/aromatic N) is 1. The van der Waals surface area contributed by atoms with Crippen LogP contribution in [0, 0.1) is 0 Å². The predicted molar refractivity (Wildman–Crippen MR) is 46.5 cm³/mol. The number of carboxylic acid groups (broad SMARTS) is 1. The molecule has 0 aromatic carbocycles. The highest BCUT2D eigenvalue weighted by molar-refractivity contribution is 7.80. The minimum Gasteiger partial charge on any atom is -0.481 e. The summed E-state index contributed by atoms with van der Waals surface area (Å²) in [5.74, 6) is -0.806. The van der Waals surface area contributed by atoms with Crippen LogP contribution in [-0.2, 0) is 4.79 Å². The van der Waals surface area contributed by atoms with E-state index in [9.17, 15) is 4.79 Å². The van der Waals surface area contributed by atoms with Gasteiger partial charge in [0.05, 0.1) is 11.4 Å². The molecule has 4 nitrogen and oxygen atoms in total. The molecule has 0 fully saturated rings. The van der Waals surface area contributed by atoms with E-state index in [4.69, 9.17) is 10.8 Å². The Hall–Kier alpha value is -0.680. The molecule has 0 rings (SSSR count). The van der Waals surface area contributed by atoms with Gasteiger partial charge in [0.15, 0.2) is 0 Å². The van der Waals surface area contributed by atoms with Gasteiger partial charge in [-0.05, 0) is 7.05 Å². The minimum absolute atomic E-state index is 0.124. The van der Waals surface area contributed by atoms with E-state index in [2.05, 4.69) is 12.2 Å². The fourth-order valence-electron chi connectivity index (χ4n) is 0.632. The number of carboxylic acids is 1. The van der Waals surface area contributed by atoms with Crippen molar-refractivity contribution >= 4 is 23.2 Å². The number of rotatable bonds is 5. The molecule has 0 aliphatic heterocycles. The van der Waals surface area contributed by atoms with Crippen molar-refractivity contribution in [2.75, 3.05) is 20.1 Å². The lowest BCUT2D eigenvalue weighted by molar-refractivity contribution is -0.137. The van der Waals surface area contributed by atoms with Crippen LogP contribution in [0.25, 0.3) is 0 Å². The van der Waals surface area contributed by atoms with Gasteiger partial charge in [0.25, 0.3) is 0 Å². The molecule has 0 atom stereocenters. The van der Waals surface area contributed by atoms with Crippen LogP contribution in [0.2, 0.25) is 0 Å². The second-order valence-electron chi connectivity index (χ2n) is 2.35. The maximum atomic E-state index is 10.1. The van der Waals surface area contributed by atoms with Crippen LogP contribution in [0.15, 0.2) is 0 Å². The summed E-state index contributed by atoms with van der Waals surface area (Å²) in [6.45, 7) is 0.954. The third kappa shape index (κ3) is 7.21. The number of hydrogen-bond acceptors (Lipinski definition) is 3. The van der Waals surface area contributed by atoms with Gasteiger partial charge in [-0.25, -0.2) is 0 Å². The van der Waals surface area contributed by atoms with Crippen LogP contribution in [0.5, 0.6) is 0 Å². The average molecular weight is 176 g/mol. The number of likely N-dealkylation sites (N-methyl/N-ethyl adjacent to an activating group) is 1. The van der Waals surface area contributed by atoms with Gasteiger partial charge in [0, 0.05) is 13.1 Å². The van der Waals surface area contributed by atoms with Gasteiger partial charge < -0.3 is 10.8 Å². The lowest BCUT2D eigenvalue weighted by Gasteiger charge is -2.13. The summed E-state index contributed by atoms with van der Waals surface area (Å²) >= 11 is 4.64. The zero-order valence-corrected chi connectivity index (χ0v) is 7.23. The molecular weight excluding hydrogens is 164 g/mol. The number of aliphatic carboxylic acids is 1. The quantitative estimate of drug-likeness (QED) is 0.562. The second-order valence-corrected chi connectivity index (χ2v) is 2.87. The maximum absolute atomic E-state index is 10.1. The monoisotopic (exact) mass is 176 g/mol. The first kappa shape index (κ1) is 10.3. The van der Waals surface area contributed by atoms with Crippen molar-refractivity contribution in [3.63, 3.8) is 0 Å². The highest BCUT2D eigenvalue weighted by Crippen LogP contribution is 1.86. The van der Waals surface area contributed by atoms with Crippen LogP contribution in [0.1, 0.15) is 6.42 Å². The van der Waals surface area contributed by atoms with Gasteiger partial charge in [-0.15, -0.1) is 0 Å². The molecule has 11 heavy (non-hydrogen) atoms. The first-order valence-electron chi connectivity index (χ1n) is 3.21. The van der Waals surface area contributed by atoms with Gasteiger partial charge in [0.1, 0.15) is 0 Å². The lowest BCUT2D eigenvalue weighted by Crippen LogP contribution is -2.31. The van der Waals surface area contributed by atoms with Crippen molar-refractivity contribution in [1.29, 1.82) is 0 Å². The number of nitrogens with two attached hydrogens (primary N) is 1. The Kier molecular flexibility index (Phi) is 4.72. The summed E-state index contributed by atoms with van der Waals surface area (Å²) in [6, 6.07) is 0. The van der Waals surface area contributed by atoms with Crippen LogP contribution >= 0.6 is 12.2 Å². The van der Waals surface area contributed by atoms with E-state index in [1.807, 2.05) is 0 Å². The molecule has 0 saturated carbocycles. The van der Waals surface area contributed by atoms with Crippen LogP contribution < -0.4 is 5.73 Å². The SMILES string of the molecule is CN(CCC(=O)O)CC(N)=S. The standard InChI is InChI=1S/C6H12N2O2S/c1-8(4-5(7)11)3-2-6(9)10/h2-4H2,1H3,(H2,7,11)(H,9,10). The maximum Gasteiger partial charge on any atom is 0.304 e. The van der Waals surface area contributed by atoms with E-state index in [1.54, 1.807) is 11.9 Å². The fourth-order valence-corrected chi connectivity index (χ4v) is 0.852. The first-order chi connectivity index (χ1) is 5.02. The Morgan fingerprint density at radius 2 is 2.27 bits per heavy atom. The highest BCUT2D eigenvalue weighted by Gasteiger charge is 2.02. The molecule has 0 saturated heterocycles. The van der Waals surface area contributed by atoms with Crippen molar-refractivity contribution in [3.05, 3.63) is 0 Å². The molecule has 0 aliphatic carbocycles. The first-order valence-corrected chi connectivity index (χ1v) is 3.62. The molecule has 0 heterocycles. The summed E-state index contributed by atoms with van der Waals surface area (Å²) in [6.07, 6.45) is 0.124. The van der Waals surface area contributed by atoms with E-state index in [-0.39, 0.29) is 6.42 Å². The molecule has 0 unspecified atom stereocenters. The van der Waals surface area contributed by atoms with E-state index in [0.717, 1.165) is 0 Å². The number of thiocarbonyl (C=S) groups is 1. The van der Waals surface area contributed by atoms with E-state index in [0.29, 0.717) is 18.1 Å². The Balaban J connectivity index is 3.44. The summed E-state index contributed by atoms with van der Waals surface area (Å²) in [7, 11) is 1.78. The van der Waals surface area contributed by atoms with Crippen molar-refractivity contribution in [2.45, 2.75) is 6.42 Å². The summed E-state index contributed by atoms with van der Waals surface area (Å²) in [5, 5.41) is 8.31. The van der Waals surface area contributed by atoms with Gasteiger partial charge in [0.2, 0.25) is 0 Å². The van der Waals surface area contributed by atoms with Crippen molar-refractivity contribution < 1.29 is 9.90 Å². The predicted octanol–water partition coefficient (Wildman–Crippen LogP) is -0.321. The third-order valence-electron chi connectivity index (χ3n) is 1.13. The molecule has 0 aliphatic rings. The van der Waals surface area contributed by atoms with Crippen molar-refractivity contribution in [2.24, 2.45) is 5.73 Å². The Labute approximate surface area is 71.0 Å². The van der Waals surface area contributed by atoms with Gasteiger partial charge >= 0.3 is 5.97 Å². The summed E-state index contributed by atoms with van der Waals surface area (Å²) < 4.78 is 0. The van der Waals surface area contributed by atoms with Gasteiger partial charge in [-0.3, -0.25) is 9.69 Å². The Morgan fingerprint density at radius 1 is 1.73 bits per heavy atom. The third-order valence-corrected chi connectivity index (χ3v) is 1.26. The van der Waals surface area contributed by atoms with E-state index >= 15 is 0 Å². The zero-order valence-electron chi connectivity index (χ0n) is 6.41. The Bertz CT molecular complexity index is 161. The largest absolute Gasteiger partial charge is 0.481 e. The molecule has 0 radical (unpaired) electrons. The van der Waals surface area contributed by atoms with Crippen LogP contribution in [-0.4, -0.2) is 41.1 Å². The van der Waals surface area contributed by atoms with Gasteiger partial charge in [-0.2, -0.15) is 0 Å². The molecule has 0 aromatic rings. The van der Waals surface area contributed by atoms with E-state index in [1.165, 1.54) is 0 Å². The van der Waals surface area contributed by atoms with Crippen LogP contribution in [0.3, 0.4) is 0 Å². The highest BCUT2D eigenvalue weighted by atomic mass is 32.1. The Morgan fingerprint density at radius 3 is 2.64 bits per heavy atom. The number of carbonyl (C=O) groups is 1. The van der Waals surface area contributed by atoms with Crippen LogP contribution in [0.4, 0.5) is 0 Å². The molecular formula is C6H12N2O2S. The zero-order chi connectivity index (χ0) is 8.85. The van der Waals surface area contributed by atoms with Gasteiger partial charge in [-0.1, -0.05) is 12.2 Å². The molecule has 0 amide bonds. The lowest BCUT2D eigenvalue weighted by atomic mass is 10.4. The topological polar surface area (TPSA) is 66.6 Å². The molecule has 64 valence electrons. The minimum atomic E-state index is -0.806. The second kappa shape index (κ2) is 5.03. The summed E-state index contributed by atoms with van der Waals surface area (Å²) in [5.41, 5.74) is 5.24. The van der Waals surface area contributed by atoms with Crippen molar-refractivity contribution in [3.8, 4) is 0 Å². The van der Waals surface area contributed by atoms with E-state index < -0.39 is 5.97 Å². The summed E-state index contributed by atoms with van der Waals surface area (Å²) in [4.78, 5) is 12.3. The molecule has 5 heteroatoms.